The normalized spacial score (nSPS) is 10.3. The van der Waals surface area contributed by atoms with E-state index in [1.54, 1.807) is 7.11 Å². The fourth-order valence-corrected chi connectivity index (χ4v) is 1.29. The van der Waals surface area contributed by atoms with E-state index < -0.39 is 5.97 Å². The van der Waals surface area contributed by atoms with E-state index in [2.05, 4.69) is 4.98 Å². The third-order valence-electron chi connectivity index (χ3n) is 1.93. The lowest BCUT2D eigenvalue weighted by atomic mass is 10.3. The molecule has 18 heavy (non-hydrogen) atoms. The minimum Gasteiger partial charge on any atom is -0.476 e. The van der Waals surface area contributed by atoms with Crippen LogP contribution in [0.4, 0.5) is 0 Å². The standard InChI is InChI=1S/C11H14ClNO5/c1-16-4-5-17-6-7-18-9-3-2-8(12)10(13-9)11(14)15/h2-3H,4-7H2,1H3,(H,14,15). The van der Waals surface area contributed by atoms with E-state index in [9.17, 15) is 4.79 Å². The summed E-state index contributed by atoms with van der Waals surface area (Å²) in [7, 11) is 1.59. The van der Waals surface area contributed by atoms with Gasteiger partial charge in [0.25, 0.3) is 0 Å². The Bertz CT molecular complexity index is 399. The Morgan fingerprint density at radius 1 is 1.33 bits per heavy atom. The summed E-state index contributed by atoms with van der Waals surface area (Å²) < 4.78 is 15.2. The van der Waals surface area contributed by atoms with Crippen LogP contribution in [0.25, 0.3) is 0 Å². The lowest BCUT2D eigenvalue weighted by molar-refractivity contribution is 0.0535. The number of aromatic carboxylic acids is 1. The SMILES string of the molecule is COCCOCCOc1ccc(Cl)c(C(=O)O)n1. The number of halogens is 1. The molecule has 1 aromatic rings. The molecule has 0 atom stereocenters. The number of hydrogen-bond donors (Lipinski definition) is 1. The van der Waals surface area contributed by atoms with Gasteiger partial charge in [0, 0.05) is 13.2 Å². The molecular formula is C11H14ClNO5. The molecule has 1 rings (SSSR count). The third-order valence-corrected chi connectivity index (χ3v) is 2.24. The van der Waals surface area contributed by atoms with E-state index >= 15 is 0 Å². The Balaban J connectivity index is 2.38. The van der Waals surface area contributed by atoms with E-state index in [4.69, 9.17) is 30.9 Å². The predicted octanol–water partition coefficient (Wildman–Crippen LogP) is 1.48. The van der Waals surface area contributed by atoms with Crippen molar-refractivity contribution in [2.24, 2.45) is 0 Å². The third kappa shape index (κ3) is 4.87. The molecule has 0 aliphatic rings. The molecule has 0 aliphatic heterocycles. The average molecular weight is 276 g/mol. The minimum absolute atomic E-state index is 0.0752. The number of hydrogen-bond acceptors (Lipinski definition) is 5. The highest BCUT2D eigenvalue weighted by atomic mass is 35.5. The Morgan fingerprint density at radius 3 is 2.72 bits per heavy atom. The van der Waals surface area contributed by atoms with Gasteiger partial charge in [0.2, 0.25) is 5.88 Å². The number of pyridine rings is 1. The van der Waals surface area contributed by atoms with E-state index in [0.29, 0.717) is 19.8 Å². The van der Waals surface area contributed by atoms with Gasteiger partial charge in [-0.3, -0.25) is 0 Å². The maximum Gasteiger partial charge on any atom is 0.356 e. The smallest absolute Gasteiger partial charge is 0.356 e. The summed E-state index contributed by atoms with van der Waals surface area (Å²) in [6.07, 6.45) is 0. The first-order valence-electron chi connectivity index (χ1n) is 5.24. The monoisotopic (exact) mass is 275 g/mol. The summed E-state index contributed by atoms with van der Waals surface area (Å²) in [5, 5.41) is 8.89. The number of carboxylic acid groups (broad SMARTS) is 1. The molecule has 0 unspecified atom stereocenters. The van der Waals surface area contributed by atoms with Crippen molar-refractivity contribution in [3.63, 3.8) is 0 Å². The van der Waals surface area contributed by atoms with Crippen molar-refractivity contribution in [3.8, 4) is 5.88 Å². The lowest BCUT2D eigenvalue weighted by Gasteiger charge is -2.07. The predicted molar refractivity (Wildman–Crippen MR) is 64.4 cm³/mol. The number of aromatic nitrogens is 1. The molecule has 100 valence electrons. The second-order valence-corrected chi connectivity index (χ2v) is 3.65. The van der Waals surface area contributed by atoms with Crippen molar-refractivity contribution in [2.45, 2.75) is 0 Å². The van der Waals surface area contributed by atoms with Gasteiger partial charge in [0.1, 0.15) is 6.61 Å². The van der Waals surface area contributed by atoms with E-state index in [0.717, 1.165) is 0 Å². The molecule has 1 N–H and O–H groups in total. The second-order valence-electron chi connectivity index (χ2n) is 3.24. The molecule has 0 amide bonds. The van der Waals surface area contributed by atoms with Gasteiger partial charge >= 0.3 is 5.97 Å². The Kier molecular flexibility index (Phi) is 6.42. The Labute approximate surface area is 109 Å². The first-order valence-corrected chi connectivity index (χ1v) is 5.62. The number of carbonyl (C=O) groups is 1. The van der Waals surface area contributed by atoms with Crippen molar-refractivity contribution < 1.29 is 24.1 Å². The summed E-state index contributed by atoms with van der Waals surface area (Å²) in [5.74, 6) is -0.992. The topological polar surface area (TPSA) is 77.9 Å². The fraction of sp³-hybridized carbons (Fsp3) is 0.455. The highest BCUT2D eigenvalue weighted by Crippen LogP contribution is 2.17. The average Bonchev–Trinajstić information content (AvgIpc) is 2.35. The molecule has 0 bridgehead atoms. The number of ether oxygens (including phenoxy) is 3. The zero-order valence-corrected chi connectivity index (χ0v) is 10.6. The van der Waals surface area contributed by atoms with Crippen LogP contribution in [-0.2, 0) is 9.47 Å². The van der Waals surface area contributed by atoms with Gasteiger partial charge in [0.05, 0.1) is 24.8 Å². The van der Waals surface area contributed by atoms with Crippen molar-refractivity contribution in [3.05, 3.63) is 22.8 Å². The van der Waals surface area contributed by atoms with E-state index in [1.165, 1.54) is 12.1 Å². The minimum atomic E-state index is -1.19. The Morgan fingerprint density at radius 2 is 2.06 bits per heavy atom. The molecule has 1 aromatic heterocycles. The highest BCUT2D eigenvalue weighted by Gasteiger charge is 2.11. The molecule has 0 fully saturated rings. The van der Waals surface area contributed by atoms with Gasteiger partial charge in [-0.25, -0.2) is 9.78 Å². The summed E-state index contributed by atoms with van der Waals surface area (Å²) in [6, 6.07) is 2.93. The fourth-order valence-electron chi connectivity index (χ4n) is 1.10. The summed E-state index contributed by atoms with van der Waals surface area (Å²) >= 11 is 5.67. The second kappa shape index (κ2) is 7.86. The van der Waals surface area contributed by atoms with Crippen molar-refractivity contribution in [2.75, 3.05) is 33.5 Å². The number of carboxylic acids is 1. The van der Waals surface area contributed by atoms with Crippen LogP contribution < -0.4 is 4.74 Å². The molecule has 6 nitrogen and oxygen atoms in total. The van der Waals surface area contributed by atoms with Crippen molar-refractivity contribution >= 4 is 17.6 Å². The van der Waals surface area contributed by atoms with Crippen LogP contribution in [0.15, 0.2) is 12.1 Å². The summed E-state index contributed by atoms with van der Waals surface area (Å²) in [5.41, 5.74) is -0.227. The molecule has 0 saturated carbocycles. The van der Waals surface area contributed by atoms with Gasteiger partial charge in [-0.15, -0.1) is 0 Å². The van der Waals surface area contributed by atoms with Crippen LogP contribution in [0.5, 0.6) is 5.88 Å². The molecule has 1 heterocycles. The Hall–Kier alpha value is -1.37. The number of methoxy groups -OCH3 is 1. The maximum atomic E-state index is 10.8. The lowest BCUT2D eigenvalue weighted by Crippen LogP contribution is -2.11. The van der Waals surface area contributed by atoms with Gasteiger partial charge < -0.3 is 19.3 Å². The molecule has 0 radical (unpaired) electrons. The molecular weight excluding hydrogens is 262 g/mol. The number of rotatable bonds is 8. The molecule has 7 heteroatoms. The van der Waals surface area contributed by atoms with Crippen molar-refractivity contribution in [1.29, 1.82) is 0 Å². The molecule has 0 aliphatic carbocycles. The quantitative estimate of drug-likeness (QED) is 0.724. The van der Waals surface area contributed by atoms with Crippen molar-refractivity contribution in [1.82, 2.24) is 4.98 Å². The van der Waals surface area contributed by atoms with Crippen LogP contribution in [0, 0.1) is 0 Å². The highest BCUT2D eigenvalue weighted by molar-refractivity contribution is 6.33. The summed E-state index contributed by atoms with van der Waals surface area (Å²) in [4.78, 5) is 14.6. The molecule has 0 aromatic carbocycles. The zero-order chi connectivity index (χ0) is 13.4. The van der Waals surface area contributed by atoms with Gasteiger partial charge in [-0.1, -0.05) is 11.6 Å². The van der Waals surface area contributed by atoms with Gasteiger partial charge in [-0.05, 0) is 6.07 Å². The summed E-state index contributed by atoms with van der Waals surface area (Å²) in [6.45, 7) is 1.64. The molecule has 0 spiro atoms. The first kappa shape index (κ1) is 14.7. The van der Waals surface area contributed by atoms with Crippen LogP contribution in [0.1, 0.15) is 10.5 Å². The van der Waals surface area contributed by atoms with Gasteiger partial charge in [-0.2, -0.15) is 0 Å². The van der Waals surface area contributed by atoms with Gasteiger partial charge in [0.15, 0.2) is 5.69 Å². The number of nitrogens with zero attached hydrogens (tertiary/aromatic N) is 1. The van der Waals surface area contributed by atoms with Crippen LogP contribution in [0.2, 0.25) is 5.02 Å². The van der Waals surface area contributed by atoms with Crippen LogP contribution in [0.3, 0.4) is 0 Å². The first-order chi connectivity index (χ1) is 8.65. The van der Waals surface area contributed by atoms with Crippen LogP contribution in [-0.4, -0.2) is 49.6 Å². The molecule has 0 saturated heterocycles. The largest absolute Gasteiger partial charge is 0.476 e. The van der Waals surface area contributed by atoms with E-state index in [1.807, 2.05) is 0 Å². The maximum absolute atomic E-state index is 10.8. The van der Waals surface area contributed by atoms with E-state index in [-0.39, 0.29) is 23.2 Å². The zero-order valence-electron chi connectivity index (χ0n) is 9.89. The van der Waals surface area contributed by atoms with Crippen LogP contribution >= 0.6 is 11.6 Å².